The Morgan fingerprint density at radius 3 is 2.79 bits per heavy atom. The number of carbonyl (C=O) groups excluding carboxylic acids is 2. The van der Waals surface area contributed by atoms with E-state index >= 15 is 0 Å². The highest BCUT2D eigenvalue weighted by atomic mass is 16.7. The molecule has 1 aromatic carbocycles. The fraction of sp³-hybridized carbons (Fsp3) is 0.545. The van der Waals surface area contributed by atoms with Crippen LogP contribution in [0.4, 0.5) is 0 Å². The lowest BCUT2D eigenvalue weighted by Crippen LogP contribution is -2.36. The Morgan fingerprint density at radius 2 is 2.00 bits per heavy atom. The van der Waals surface area contributed by atoms with Gasteiger partial charge in [0, 0.05) is 6.08 Å². The van der Waals surface area contributed by atoms with Crippen molar-refractivity contribution < 1.29 is 28.5 Å². The minimum atomic E-state index is -0.591. The summed E-state index contributed by atoms with van der Waals surface area (Å²) >= 11 is 0. The molecular weight excluding hydrogens is 360 g/mol. The molecule has 1 fully saturated rings. The van der Waals surface area contributed by atoms with Gasteiger partial charge in [-0.1, -0.05) is 33.3 Å². The molecule has 0 saturated heterocycles. The Labute approximate surface area is 165 Å². The molecule has 1 saturated carbocycles. The van der Waals surface area contributed by atoms with Crippen LogP contribution in [-0.2, 0) is 19.1 Å². The molecule has 152 valence electrons. The van der Waals surface area contributed by atoms with E-state index in [0.717, 1.165) is 24.8 Å². The molecule has 0 bridgehead atoms. The second-order valence-corrected chi connectivity index (χ2v) is 7.91. The van der Waals surface area contributed by atoms with Gasteiger partial charge in [0.2, 0.25) is 6.79 Å². The monoisotopic (exact) mass is 388 g/mol. The zero-order valence-electron chi connectivity index (χ0n) is 16.7. The quantitative estimate of drug-likeness (QED) is 0.542. The van der Waals surface area contributed by atoms with Crippen LogP contribution in [0.1, 0.15) is 45.6 Å². The predicted octanol–water partition coefficient (Wildman–Crippen LogP) is 3.98. The van der Waals surface area contributed by atoms with Crippen LogP contribution in [0.15, 0.2) is 24.3 Å². The van der Waals surface area contributed by atoms with Gasteiger partial charge in [-0.25, -0.2) is 9.59 Å². The summed E-state index contributed by atoms with van der Waals surface area (Å²) in [7, 11) is 0. The average molecular weight is 388 g/mol. The first-order chi connectivity index (χ1) is 13.4. The van der Waals surface area contributed by atoms with E-state index in [9.17, 15) is 9.59 Å². The molecule has 3 atom stereocenters. The standard InChI is InChI=1S/C22H28O6/c1-14(2)17-7-4-15(3)10-19(17)28-22(24)12-25-21(23)9-6-16-5-8-18-20(11-16)27-13-26-18/h5-6,8-9,11,14-15,17,19H,4,7,10,12-13H2,1-3H3/b9-6+/t15-,17+,19+/m1/s1. The van der Waals surface area contributed by atoms with E-state index < -0.39 is 11.9 Å². The summed E-state index contributed by atoms with van der Waals surface area (Å²) in [6.07, 6.45) is 5.88. The van der Waals surface area contributed by atoms with Gasteiger partial charge in [-0.2, -0.15) is 0 Å². The van der Waals surface area contributed by atoms with Crippen molar-refractivity contribution in [2.75, 3.05) is 13.4 Å². The Balaban J connectivity index is 1.46. The molecule has 28 heavy (non-hydrogen) atoms. The van der Waals surface area contributed by atoms with Gasteiger partial charge in [0.05, 0.1) is 0 Å². The average Bonchev–Trinajstić information content (AvgIpc) is 3.12. The van der Waals surface area contributed by atoms with Crippen molar-refractivity contribution in [1.82, 2.24) is 0 Å². The third kappa shape index (κ3) is 5.27. The molecule has 0 unspecified atom stereocenters. The number of fused-ring (bicyclic) bond motifs is 1. The van der Waals surface area contributed by atoms with Gasteiger partial charge >= 0.3 is 11.9 Å². The van der Waals surface area contributed by atoms with E-state index in [1.807, 2.05) is 6.07 Å². The van der Waals surface area contributed by atoms with Crippen LogP contribution in [0.2, 0.25) is 0 Å². The lowest BCUT2D eigenvalue weighted by atomic mass is 9.75. The summed E-state index contributed by atoms with van der Waals surface area (Å²) < 4.78 is 21.2. The maximum absolute atomic E-state index is 12.1. The molecule has 6 nitrogen and oxygen atoms in total. The summed E-state index contributed by atoms with van der Waals surface area (Å²) in [5, 5.41) is 0. The predicted molar refractivity (Wildman–Crippen MR) is 104 cm³/mol. The van der Waals surface area contributed by atoms with Crippen molar-refractivity contribution in [2.45, 2.75) is 46.1 Å². The molecule has 1 aliphatic carbocycles. The normalized spacial score (nSPS) is 23.8. The Kier molecular flexibility index (Phi) is 6.60. The number of hydrogen-bond donors (Lipinski definition) is 0. The highest BCUT2D eigenvalue weighted by Crippen LogP contribution is 2.35. The zero-order chi connectivity index (χ0) is 20.1. The van der Waals surface area contributed by atoms with E-state index in [1.54, 1.807) is 18.2 Å². The molecule has 1 aromatic rings. The first kappa shape index (κ1) is 20.2. The second kappa shape index (κ2) is 9.13. The van der Waals surface area contributed by atoms with Crippen LogP contribution in [0.25, 0.3) is 6.08 Å². The first-order valence-corrected chi connectivity index (χ1v) is 9.86. The molecule has 0 N–H and O–H groups in total. The van der Waals surface area contributed by atoms with Gasteiger partial charge in [0.15, 0.2) is 18.1 Å². The summed E-state index contributed by atoms with van der Waals surface area (Å²) in [5.74, 6) is 1.60. The minimum absolute atomic E-state index is 0.0980. The minimum Gasteiger partial charge on any atom is -0.460 e. The van der Waals surface area contributed by atoms with Gasteiger partial charge in [-0.05, 0) is 54.4 Å². The Hall–Kier alpha value is -2.50. The van der Waals surface area contributed by atoms with Crippen LogP contribution in [0.5, 0.6) is 11.5 Å². The van der Waals surface area contributed by atoms with Crippen LogP contribution >= 0.6 is 0 Å². The number of esters is 2. The zero-order valence-corrected chi connectivity index (χ0v) is 16.7. The SMILES string of the molecule is CC(C)[C@@H]1CC[C@@H](C)C[C@@H]1OC(=O)COC(=O)/C=C/c1ccc2c(c1)OCO2. The van der Waals surface area contributed by atoms with Crippen molar-refractivity contribution in [3.63, 3.8) is 0 Å². The van der Waals surface area contributed by atoms with Crippen molar-refractivity contribution in [1.29, 1.82) is 0 Å². The molecule has 6 heteroatoms. The molecule has 1 heterocycles. The van der Waals surface area contributed by atoms with Gasteiger partial charge in [-0.3, -0.25) is 0 Å². The van der Waals surface area contributed by atoms with Crippen molar-refractivity contribution in [3.05, 3.63) is 29.8 Å². The summed E-state index contributed by atoms with van der Waals surface area (Å²) in [5.41, 5.74) is 0.778. The maximum Gasteiger partial charge on any atom is 0.344 e. The Bertz CT molecular complexity index is 739. The van der Waals surface area contributed by atoms with Crippen LogP contribution < -0.4 is 9.47 Å². The molecule has 0 aromatic heterocycles. The van der Waals surface area contributed by atoms with Crippen LogP contribution in [0, 0.1) is 17.8 Å². The summed E-state index contributed by atoms with van der Waals surface area (Å²) in [4.78, 5) is 24.0. The molecule has 0 spiro atoms. The van der Waals surface area contributed by atoms with E-state index in [4.69, 9.17) is 18.9 Å². The topological polar surface area (TPSA) is 71.1 Å². The highest BCUT2D eigenvalue weighted by molar-refractivity contribution is 5.88. The van der Waals surface area contributed by atoms with Crippen LogP contribution in [-0.4, -0.2) is 31.4 Å². The second-order valence-electron chi connectivity index (χ2n) is 7.91. The maximum atomic E-state index is 12.1. The number of rotatable bonds is 6. The molecule has 3 rings (SSSR count). The Morgan fingerprint density at radius 1 is 1.21 bits per heavy atom. The third-order valence-corrected chi connectivity index (χ3v) is 5.38. The van der Waals surface area contributed by atoms with Gasteiger partial charge < -0.3 is 18.9 Å². The summed E-state index contributed by atoms with van der Waals surface area (Å²) in [6, 6.07) is 5.36. The molecule has 0 radical (unpaired) electrons. The highest BCUT2D eigenvalue weighted by Gasteiger charge is 2.33. The van der Waals surface area contributed by atoms with Gasteiger partial charge in [0.25, 0.3) is 0 Å². The number of benzene rings is 1. The van der Waals surface area contributed by atoms with E-state index in [2.05, 4.69) is 20.8 Å². The third-order valence-electron chi connectivity index (χ3n) is 5.38. The fourth-order valence-corrected chi connectivity index (χ4v) is 3.81. The van der Waals surface area contributed by atoms with Gasteiger partial charge in [0.1, 0.15) is 6.10 Å². The first-order valence-electron chi connectivity index (χ1n) is 9.86. The number of ether oxygens (including phenoxy) is 4. The van der Waals surface area contributed by atoms with Crippen molar-refractivity contribution in [3.8, 4) is 11.5 Å². The molecule has 0 amide bonds. The molecule has 2 aliphatic rings. The largest absolute Gasteiger partial charge is 0.460 e. The number of carbonyl (C=O) groups is 2. The molecular formula is C22H28O6. The van der Waals surface area contributed by atoms with Crippen molar-refractivity contribution >= 4 is 18.0 Å². The smallest absolute Gasteiger partial charge is 0.344 e. The van der Waals surface area contributed by atoms with E-state index in [-0.39, 0.29) is 19.5 Å². The van der Waals surface area contributed by atoms with Gasteiger partial charge in [-0.15, -0.1) is 0 Å². The van der Waals surface area contributed by atoms with Crippen molar-refractivity contribution in [2.24, 2.45) is 17.8 Å². The fourth-order valence-electron chi connectivity index (χ4n) is 3.81. The molecule has 1 aliphatic heterocycles. The lowest BCUT2D eigenvalue weighted by molar-refractivity contribution is -0.165. The number of hydrogen-bond acceptors (Lipinski definition) is 6. The summed E-state index contributed by atoms with van der Waals surface area (Å²) in [6.45, 7) is 6.31. The van der Waals surface area contributed by atoms with E-state index in [1.165, 1.54) is 6.08 Å². The lowest BCUT2D eigenvalue weighted by Gasteiger charge is -2.36. The van der Waals surface area contributed by atoms with E-state index in [0.29, 0.717) is 29.3 Å². The van der Waals surface area contributed by atoms with Crippen LogP contribution in [0.3, 0.4) is 0 Å².